The molecule has 0 bridgehead atoms. The zero-order chi connectivity index (χ0) is 25.2. The second-order valence-electron chi connectivity index (χ2n) is 8.58. The number of aromatic nitrogens is 3. The third kappa shape index (κ3) is 4.47. The average molecular weight is 503 g/mol. The highest BCUT2D eigenvalue weighted by Crippen LogP contribution is 2.35. The number of aromatic amines is 1. The molecule has 0 spiro atoms. The van der Waals surface area contributed by atoms with Crippen molar-refractivity contribution in [3.05, 3.63) is 60.3 Å². The molecule has 10 heteroatoms. The molecule has 184 valence electrons. The summed E-state index contributed by atoms with van der Waals surface area (Å²) in [6.45, 7) is 0.691. The van der Waals surface area contributed by atoms with E-state index in [4.69, 9.17) is 4.74 Å². The van der Waals surface area contributed by atoms with Gasteiger partial charge in [-0.15, -0.1) is 11.8 Å². The van der Waals surface area contributed by atoms with Gasteiger partial charge in [0, 0.05) is 49.1 Å². The van der Waals surface area contributed by atoms with Gasteiger partial charge in [0.1, 0.15) is 5.75 Å². The monoisotopic (exact) mass is 502 g/mol. The molecular weight excluding hydrogens is 476 g/mol. The Balaban J connectivity index is 1.55. The minimum Gasteiger partial charge on any atom is -0.496 e. The summed E-state index contributed by atoms with van der Waals surface area (Å²) in [4.78, 5) is 33.5. The largest absolute Gasteiger partial charge is 0.496 e. The van der Waals surface area contributed by atoms with Crippen LogP contribution in [0.4, 0.5) is 10.5 Å². The number of hydrogen-bond donors (Lipinski definition) is 2. The van der Waals surface area contributed by atoms with Crippen LogP contribution in [0, 0.1) is 0 Å². The fourth-order valence-electron chi connectivity index (χ4n) is 4.13. The number of carbonyl (C=O) groups excluding carboxylic acids is 2. The molecule has 0 atom stereocenters. The highest BCUT2D eigenvalue weighted by molar-refractivity contribution is 7.99. The van der Waals surface area contributed by atoms with Crippen LogP contribution < -0.4 is 10.1 Å². The standard InChI is InChI=1S/C26H26N6O3S/c1-31(2)25(33)19-12-16(8-9-21(19)28-26(34)32-10-11-36-15-32)17-13-20-23(29-30-24(20)27-14-17)18-6-4-5-7-22(18)35-3/h4-9,12-14H,10-11,15H2,1-3H3,(H,28,34)(H,27,29,30). The first-order valence-corrected chi connectivity index (χ1v) is 12.6. The number of H-pyrrole nitrogens is 1. The van der Waals surface area contributed by atoms with Gasteiger partial charge in [-0.1, -0.05) is 18.2 Å². The first-order chi connectivity index (χ1) is 17.5. The number of hydrogen-bond acceptors (Lipinski definition) is 6. The smallest absolute Gasteiger partial charge is 0.322 e. The third-order valence-corrected chi connectivity index (χ3v) is 7.02. The van der Waals surface area contributed by atoms with Gasteiger partial charge in [0.2, 0.25) is 0 Å². The van der Waals surface area contributed by atoms with E-state index < -0.39 is 0 Å². The van der Waals surface area contributed by atoms with Crippen LogP contribution in [-0.4, -0.2) is 76.3 Å². The lowest BCUT2D eigenvalue weighted by atomic mass is 10.0. The number of amides is 3. The van der Waals surface area contributed by atoms with E-state index in [2.05, 4.69) is 20.5 Å². The molecule has 2 aromatic heterocycles. The molecule has 0 aliphatic carbocycles. The molecule has 3 heterocycles. The normalized spacial score (nSPS) is 13.1. The summed E-state index contributed by atoms with van der Waals surface area (Å²) in [5.41, 5.74) is 4.77. The van der Waals surface area contributed by atoms with Gasteiger partial charge in [0.15, 0.2) is 5.65 Å². The van der Waals surface area contributed by atoms with E-state index >= 15 is 0 Å². The van der Waals surface area contributed by atoms with Crippen molar-refractivity contribution < 1.29 is 14.3 Å². The van der Waals surface area contributed by atoms with E-state index in [1.54, 1.807) is 56.2 Å². The summed E-state index contributed by atoms with van der Waals surface area (Å²) >= 11 is 1.71. The molecule has 9 nitrogen and oxygen atoms in total. The lowest BCUT2D eigenvalue weighted by Gasteiger charge is -2.19. The molecule has 0 radical (unpaired) electrons. The van der Waals surface area contributed by atoms with Gasteiger partial charge in [0.25, 0.3) is 5.91 Å². The zero-order valence-electron chi connectivity index (χ0n) is 20.2. The van der Waals surface area contributed by atoms with Crippen LogP contribution in [0.25, 0.3) is 33.4 Å². The lowest BCUT2D eigenvalue weighted by molar-refractivity contribution is 0.0828. The Labute approximate surface area is 212 Å². The average Bonchev–Trinajstić information content (AvgIpc) is 3.58. The number of methoxy groups -OCH3 is 1. The van der Waals surface area contributed by atoms with Crippen molar-refractivity contribution in [1.82, 2.24) is 25.0 Å². The molecule has 36 heavy (non-hydrogen) atoms. The molecule has 4 aromatic rings. The van der Waals surface area contributed by atoms with Crippen LogP contribution in [0.15, 0.2) is 54.7 Å². The molecule has 2 N–H and O–H groups in total. The number of anilines is 1. The summed E-state index contributed by atoms with van der Waals surface area (Å²) in [6, 6.07) is 14.9. The van der Waals surface area contributed by atoms with Gasteiger partial charge in [-0.05, 0) is 35.9 Å². The second kappa shape index (κ2) is 9.90. The molecule has 1 aliphatic heterocycles. The minimum atomic E-state index is -0.205. The van der Waals surface area contributed by atoms with Crippen molar-refractivity contribution in [3.8, 4) is 28.1 Å². The fraction of sp³-hybridized carbons (Fsp3) is 0.231. The van der Waals surface area contributed by atoms with E-state index in [9.17, 15) is 9.59 Å². The van der Waals surface area contributed by atoms with Gasteiger partial charge in [0.05, 0.1) is 29.9 Å². The van der Waals surface area contributed by atoms with E-state index in [1.807, 2.05) is 36.4 Å². The number of urea groups is 1. The van der Waals surface area contributed by atoms with Gasteiger partial charge in [-0.3, -0.25) is 9.89 Å². The number of para-hydroxylation sites is 1. The summed E-state index contributed by atoms with van der Waals surface area (Å²) < 4.78 is 5.53. The van der Waals surface area contributed by atoms with Gasteiger partial charge in [-0.25, -0.2) is 9.78 Å². The number of rotatable bonds is 5. The van der Waals surface area contributed by atoms with E-state index in [-0.39, 0.29) is 11.9 Å². The van der Waals surface area contributed by atoms with Crippen molar-refractivity contribution in [3.63, 3.8) is 0 Å². The first kappa shape index (κ1) is 23.7. The first-order valence-electron chi connectivity index (χ1n) is 11.4. The molecule has 1 saturated heterocycles. The van der Waals surface area contributed by atoms with Crippen LogP contribution in [0.2, 0.25) is 0 Å². The molecule has 1 aliphatic rings. The van der Waals surface area contributed by atoms with Crippen LogP contribution in [0.5, 0.6) is 5.75 Å². The predicted octanol–water partition coefficient (Wildman–Crippen LogP) is 4.54. The van der Waals surface area contributed by atoms with Crippen molar-refractivity contribution in [1.29, 1.82) is 0 Å². The molecule has 2 aromatic carbocycles. The lowest BCUT2D eigenvalue weighted by Crippen LogP contribution is -2.33. The summed E-state index contributed by atoms with van der Waals surface area (Å²) in [6.07, 6.45) is 1.73. The number of carbonyl (C=O) groups is 2. The molecule has 3 amide bonds. The molecule has 0 unspecified atom stereocenters. The topological polar surface area (TPSA) is 103 Å². The third-order valence-electron chi connectivity index (χ3n) is 6.06. The number of benzene rings is 2. The number of nitrogens with one attached hydrogen (secondary N) is 2. The molecule has 5 rings (SSSR count). The van der Waals surface area contributed by atoms with Gasteiger partial charge in [-0.2, -0.15) is 5.10 Å². The minimum absolute atomic E-state index is 0.199. The highest BCUT2D eigenvalue weighted by atomic mass is 32.2. The highest BCUT2D eigenvalue weighted by Gasteiger charge is 2.22. The number of fused-ring (bicyclic) bond motifs is 1. The van der Waals surface area contributed by atoms with Crippen LogP contribution >= 0.6 is 11.8 Å². The van der Waals surface area contributed by atoms with E-state index in [0.717, 1.165) is 39.3 Å². The maximum atomic E-state index is 13.0. The van der Waals surface area contributed by atoms with Crippen LogP contribution in [-0.2, 0) is 0 Å². The van der Waals surface area contributed by atoms with E-state index in [1.165, 1.54) is 4.90 Å². The number of nitrogens with zero attached hydrogens (tertiary/aromatic N) is 4. The Morgan fingerprint density at radius 1 is 1.14 bits per heavy atom. The van der Waals surface area contributed by atoms with Crippen molar-refractivity contribution in [2.24, 2.45) is 0 Å². The molecular formula is C26H26N6O3S. The zero-order valence-corrected chi connectivity index (χ0v) is 21.1. The predicted molar refractivity (Wildman–Crippen MR) is 142 cm³/mol. The maximum absolute atomic E-state index is 13.0. The summed E-state index contributed by atoms with van der Waals surface area (Å²) in [7, 11) is 5.01. The second-order valence-corrected chi connectivity index (χ2v) is 9.66. The van der Waals surface area contributed by atoms with Gasteiger partial charge < -0.3 is 19.9 Å². The van der Waals surface area contributed by atoms with Gasteiger partial charge >= 0.3 is 6.03 Å². The fourth-order valence-corrected chi connectivity index (χ4v) is 5.08. The van der Waals surface area contributed by atoms with E-state index in [0.29, 0.717) is 29.3 Å². The Morgan fingerprint density at radius 3 is 2.72 bits per heavy atom. The summed E-state index contributed by atoms with van der Waals surface area (Å²) in [5.74, 6) is 2.08. The van der Waals surface area contributed by atoms with Crippen LogP contribution in [0.3, 0.4) is 0 Å². The maximum Gasteiger partial charge on any atom is 0.322 e. The SMILES string of the molecule is COc1ccccc1-c1[nH]nc2ncc(-c3ccc(NC(=O)N4CCSC4)c(C(=O)N(C)C)c3)cc12. The number of ether oxygens (including phenoxy) is 1. The molecule has 0 saturated carbocycles. The van der Waals surface area contributed by atoms with Crippen molar-refractivity contribution >= 4 is 40.4 Å². The van der Waals surface area contributed by atoms with Crippen LogP contribution in [0.1, 0.15) is 10.4 Å². The Hall–Kier alpha value is -4.05. The number of pyridine rings is 1. The Kier molecular flexibility index (Phi) is 6.51. The molecule has 1 fully saturated rings. The quantitative estimate of drug-likeness (QED) is 0.415. The van der Waals surface area contributed by atoms with Crippen molar-refractivity contribution in [2.45, 2.75) is 0 Å². The summed E-state index contributed by atoms with van der Waals surface area (Å²) in [5, 5.41) is 11.2. The Bertz CT molecular complexity index is 1440. The number of thioether (sulfide) groups is 1. The van der Waals surface area contributed by atoms with Crippen molar-refractivity contribution in [2.75, 3.05) is 44.7 Å². The Morgan fingerprint density at radius 2 is 1.97 bits per heavy atom.